The zero-order chi connectivity index (χ0) is 20.4. The molecule has 1 aliphatic rings. The van der Waals surface area contributed by atoms with E-state index < -0.39 is 34.4 Å². The highest BCUT2D eigenvalue weighted by atomic mass is 19.5. The van der Waals surface area contributed by atoms with Crippen LogP contribution in [0.15, 0.2) is 0 Å². The maximum atomic E-state index is 11.5. The fourth-order valence-corrected chi connectivity index (χ4v) is 1.02. The monoisotopic (exact) mass is 399 g/mol. The molecule has 0 spiro atoms. The van der Waals surface area contributed by atoms with Gasteiger partial charge in [0.25, 0.3) is 0 Å². The molecule has 1 fully saturated rings. The Bertz CT molecular complexity index is 250. The molecule has 0 aromatic heterocycles. The Morgan fingerprint density at radius 3 is 0.833 bits per heavy atom. The summed E-state index contributed by atoms with van der Waals surface area (Å²) >= 11 is 0. The van der Waals surface area contributed by atoms with E-state index in [4.69, 9.17) is 0 Å². The average molecular weight is 399 g/mol. The van der Waals surface area contributed by atoms with Crippen LogP contribution in [0, 0.1) is 5.92 Å². The van der Waals surface area contributed by atoms with Crippen molar-refractivity contribution in [2.75, 3.05) is 0 Å². The largest absolute Gasteiger partial charge is 0.673 e. The maximum absolute atomic E-state index is 11.5. The number of hydrogen-bond acceptors (Lipinski definition) is 0. The highest BCUT2D eigenvalue weighted by molar-refractivity contribution is 6.50. The summed E-state index contributed by atoms with van der Waals surface area (Å²) in [6.45, 7) is 0. The van der Waals surface area contributed by atoms with Crippen molar-refractivity contribution in [3.63, 3.8) is 0 Å². The van der Waals surface area contributed by atoms with Crippen LogP contribution in [0.3, 0.4) is 0 Å². The Hall–Kier alpha value is -0.855. The molecular weight excluding hydrogens is 389 g/mol. The van der Waals surface area contributed by atoms with E-state index >= 15 is 0 Å². The molecule has 0 amide bonds. The molecule has 24 heavy (non-hydrogen) atoms. The number of alkyl halides is 3. The second kappa shape index (κ2) is 10.9. The first kappa shape index (κ1) is 28.0. The molecule has 18 heteroatoms. The first-order valence-electron chi connectivity index (χ1n) is 5.76. The normalized spacial score (nSPS) is 15.6. The minimum Gasteiger partial charge on any atom is -0.418 e. The lowest BCUT2D eigenvalue weighted by atomic mass is 9.83. The van der Waals surface area contributed by atoms with Crippen molar-refractivity contribution in [2.45, 2.75) is 31.9 Å². The predicted octanol–water partition coefficient (Wildman–Crippen LogP) is 6.64. The maximum Gasteiger partial charge on any atom is 0.673 e. The van der Waals surface area contributed by atoms with Crippen molar-refractivity contribution < 1.29 is 65.0 Å². The molecule has 0 atom stereocenters. The van der Waals surface area contributed by atoms with Gasteiger partial charge >= 0.3 is 27.9 Å². The lowest BCUT2D eigenvalue weighted by molar-refractivity contribution is -0.149. The van der Waals surface area contributed by atoms with Crippen molar-refractivity contribution in [1.29, 1.82) is 0 Å². The van der Waals surface area contributed by atoms with Crippen molar-refractivity contribution in [1.82, 2.24) is 0 Å². The molecule has 0 bridgehead atoms. The average Bonchev–Trinajstić information content (AvgIpc) is 2.00. The van der Waals surface area contributed by atoms with Crippen LogP contribution in [0.1, 0.15) is 25.7 Å². The third-order valence-corrected chi connectivity index (χ3v) is 1.74. The SMILES string of the molecule is FC(F)(F)CC1CCC1.F[B-](F)(F)F.F[B-](F)(F)F.F[B-](F)(F)F. The second-order valence-corrected chi connectivity index (χ2v) is 4.10. The van der Waals surface area contributed by atoms with Gasteiger partial charge in [-0.15, -0.1) is 0 Å². The van der Waals surface area contributed by atoms with E-state index in [1.807, 2.05) is 0 Å². The number of hydrogen-bond donors (Lipinski definition) is 0. The van der Waals surface area contributed by atoms with Gasteiger partial charge in [-0.25, -0.2) is 0 Å². The molecule has 0 unspecified atom stereocenters. The third kappa shape index (κ3) is 83.4. The Morgan fingerprint density at radius 2 is 0.792 bits per heavy atom. The summed E-state index contributed by atoms with van der Waals surface area (Å²) in [6.07, 6.45) is -1.95. The van der Waals surface area contributed by atoms with Crippen LogP contribution in [0.25, 0.3) is 0 Å². The quantitative estimate of drug-likeness (QED) is 0.343. The summed E-state index contributed by atoms with van der Waals surface area (Å²) in [5.74, 6) is -0.0509. The molecular formula is C6H9B3F15-3. The van der Waals surface area contributed by atoms with E-state index in [0.717, 1.165) is 19.3 Å². The van der Waals surface area contributed by atoms with Crippen LogP contribution in [-0.2, 0) is 0 Å². The minimum absolute atomic E-state index is 0.0509. The van der Waals surface area contributed by atoms with Crippen LogP contribution < -0.4 is 0 Å². The van der Waals surface area contributed by atoms with Gasteiger partial charge in [0.15, 0.2) is 0 Å². The van der Waals surface area contributed by atoms with Gasteiger partial charge in [0.2, 0.25) is 0 Å². The van der Waals surface area contributed by atoms with Crippen LogP contribution in [0.2, 0.25) is 0 Å². The van der Waals surface area contributed by atoms with E-state index in [9.17, 15) is 65.0 Å². The topological polar surface area (TPSA) is 0 Å². The molecule has 0 aliphatic heterocycles. The standard InChI is InChI=1S/C6H9F3.3BF4/c7-6(8,9)4-5-2-1-3-5;3*2-1(3,4)5/h5H,1-4H2;;;/q;3*-1. The fraction of sp³-hybridized carbons (Fsp3) is 1.00. The van der Waals surface area contributed by atoms with Crippen LogP contribution >= 0.6 is 0 Å². The summed E-state index contributed by atoms with van der Waals surface area (Å²) in [5, 5.41) is 0. The molecule has 0 radical (unpaired) electrons. The van der Waals surface area contributed by atoms with Crippen molar-refractivity contribution in [2.24, 2.45) is 5.92 Å². The van der Waals surface area contributed by atoms with Gasteiger partial charge in [-0.3, -0.25) is 0 Å². The highest BCUT2D eigenvalue weighted by Crippen LogP contribution is 2.36. The predicted molar refractivity (Wildman–Crippen MR) is 58.6 cm³/mol. The summed E-state index contributed by atoms with van der Waals surface area (Å²) in [4.78, 5) is 0. The molecule has 0 heterocycles. The van der Waals surface area contributed by atoms with E-state index in [0.29, 0.717) is 0 Å². The Labute approximate surface area is 126 Å². The van der Waals surface area contributed by atoms with Crippen molar-refractivity contribution >= 4 is 21.8 Å². The Kier molecular flexibility index (Phi) is 12.7. The van der Waals surface area contributed by atoms with Gasteiger partial charge in [0, 0.05) is 6.42 Å². The molecule has 150 valence electrons. The summed E-state index contributed by atoms with van der Waals surface area (Å²) in [5.41, 5.74) is 0. The van der Waals surface area contributed by atoms with Crippen molar-refractivity contribution in [3.05, 3.63) is 0 Å². The van der Waals surface area contributed by atoms with E-state index in [-0.39, 0.29) is 5.92 Å². The lowest BCUT2D eigenvalue weighted by Crippen LogP contribution is -2.20. The first-order valence-corrected chi connectivity index (χ1v) is 5.76. The molecule has 0 aromatic carbocycles. The van der Waals surface area contributed by atoms with Gasteiger partial charge in [0.05, 0.1) is 0 Å². The van der Waals surface area contributed by atoms with Gasteiger partial charge in [-0.05, 0) is 5.92 Å². The molecule has 0 saturated heterocycles. The second-order valence-electron chi connectivity index (χ2n) is 4.10. The molecule has 1 rings (SSSR count). The number of halogens is 15. The van der Waals surface area contributed by atoms with Gasteiger partial charge in [0.1, 0.15) is 0 Å². The Morgan fingerprint density at radius 1 is 0.583 bits per heavy atom. The van der Waals surface area contributed by atoms with Crippen LogP contribution in [-0.4, -0.2) is 27.9 Å². The zero-order valence-electron chi connectivity index (χ0n) is 11.3. The first-order chi connectivity index (χ1) is 10.1. The van der Waals surface area contributed by atoms with E-state index in [2.05, 4.69) is 0 Å². The highest BCUT2D eigenvalue weighted by Gasteiger charge is 2.34. The molecule has 1 aliphatic carbocycles. The van der Waals surface area contributed by atoms with E-state index in [1.54, 1.807) is 0 Å². The summed E-state index contributed by atoms with van der Waals surface area (Å²) in [6, 6.07) is 0. The van der Waals surface area contributed by atoms with E-state index in [1.165, 1.54) is 0 Å². The van der Waals surface area contributed by atoms with Gasteiger partial charge in [-0.2, -0.15) is 13.2 Å². The van der Waals surface area contributed by atoms with Gasteiger partial charge in [-0.1, -0.05) is 19.3 Å². The summed E-state index contributed by atoms with van der Waals surface area (Å²) < 4.78 is 152. The van der Waals surface area contributed by atoms with Crippen LogP contribution in [0.5, 0.6) is 0 Å². The Balaban J connectivity index is -0.000000259. The van der Waals surface area contributed by atoms with Crippen LogP contribution in [0.4, 0.5) is 65.0 Å². The van der Waals surface area contributed by atoms with Gasteiger partial charge < -0.3 is 51.8 Å². The number of rotatable bonds is 1. The van der Waals surface area contributed by atoms with Crippen molar-refractivity contribution in [3.8, 4) is 0 Å². The lowest BCUT2D eigenvalue weighted by Gasteiger charge is -2.25. The minimum atomic E-state index is -6.00. The molecule has 1 saturated carbocycles. The summed E-state index contributed by atoms with van der Waals surface area (Å²) in [7, 11) is -18.0. The third-order valence-electron chi connectivity index (χ3n) is 1.74. The fourth-order valence-electron chi connectivity index (χ4n) is 1.02. The molecule has 0 aromatic rings. The molecule has 0 N–H and O–H groups in total. The zero-order valence-corrected chi connectivity index (χ0v) is 11.3. The molecule has 0 nitrogen and oxygen atoms in total. The smallest absolute Gasteiger partial charge is 0.418 e.